The predicted molar refractivity (Wildman–Crippen MR) is 67.4 cm³/mol. The van der Waals surface area contributed by atoms with Crippen LogP contribution in [0.15, 0.2) is 24.5 Å². The summed E-state index contributed by atoms with van der Waals surface area (Å²) in [6.45, 7) is 0.107. The number of carbonyl (C=O) groups excluding carboxylic acids is 1. The third-order valence-electron chi connectivity index (χ3n) is 2.71. The van der Waals surface area contributed by atoms with E-state index in [1.54, 1.807) is 4.68 Å². The molecule has 20 heavy (non-hydrogen) atoms. The van der Waals surface area contributed by atoms with Gasteiger partial charge in [-0.2, -0.15) is 23.7 Å². The van der Waals surface area contributed by atoms with Crippen LogP contribution < -0.4 is 5.32 Å². The smallest absolute Gasteiger partial charge is 0.333 e. The number of alkyl halides is 2. The quantitative estimate of drug-likeness (QED) is 0.819. The Kier molecular flexibility index (Phi) is 4.44. The molecule has 0 bridgehead atoms. The van der Waals surface area contributed by atoms with Gasteiger partial charge in [-0.05, 0) is 25.5 Å². The number of hydrogen-bond acceptors (Lipinski definition) is 3. The van der Waals surface area contributed by atoms with Gasteiger partial charge in [0, 0.05) is 25.5 Å². The van der Waals surface area contributed by atoms with Crippen molar-refractivity contribution in [2.45, 2.75) is 26.4 Å². The van der Waals surface area contributed by atoms with E-state index in [1.807, 2.05) is 19.2 Å². The molecule has 0 aliphatic rings. The van der Waals surface area contributed by atoms with E-state index in [1.165, 1.54) is 12.3 Å². The fourth-order valence-corrected chi connectivity index (χ4v) is 1.77. The molecule has 2 aromatic heterocycles. The maximum absolute atomic E-state index is 12.5. The monoisotopic (exact) mass is 283 g/mol. The van der Waals surface area contributed by atoms with Crippen LogP contribution in [0.25, 0.3) is 0 Å². The molecule has 0 atom stereocenters. The van der Waals surface area contributed by atoms with E-state index in [2.05, 4.69) is 15.5 Å². The van der Waals surface area contributed by atoms with Gasteiger partial charge in [-0.3, -0.25) is 9.48 Å². The highest BCUT2D eigenvalue weighted by Gasteiger charge is 2.17. The molecule has 0 radical (unpaired) electrons. The molecule has 0 spiro atoms. The van der Waals surface area contributed by atoms with E-state index in [0.29, 0.717) is 24.2 Å². The number of halogens is 2. The fourth-order valence-electron chi connectivity index (χ4n) is 1.77. The molecule has 0 aliphatic heterocycles. The maximum Gasteiger partial charge on any atom is 0.333 e. The Balaban J connectivity index is 1.79. The van der Waals surface area contributed by atoms with Gasteiger partial charge < -0.3 is 5.32 Å². The zero-order chi connectivity index (χ0) is 14.5. The minimum atomic E-state index is -2.82. The second-order valence-corrected chi connectivity index (χ2v) is 4.27. The van der Waals surface area contributed by atoms with Crippen molar-refractivity contribution in [3.63, 3.8) is 0 Å². The van der Waals surface area contributed by atoms with Crippen LogP contribution >= 0.6 is 0 Å². The molecule has 1 N–H and O–H groups in total. The normalized spacial score (nSPS) is 11.0. The molecule has 2 heterocycles. The summed E-state index contributed by atoms with van der Waals surface area (Å²) in [5.41, 5.74) is 0.782. The molecule has 0 saturated carbocycles. The van der Waals surface area contributed by atoms with Gasteiger partial charge in [0.1, 0.15) is 5.69 Å². The summed E-state index contributed by atoms with van der Waals surface area (Å²) in [6.07, 6.45) is 3.69. The van der Waals surface area contributed by atoms with E-state index in [4.69, 9.17) is 0 Å². The number of nitrogens with one attached hydrogen (secondary N) is 1. The Morgan fingerprint density at radius 1 is 1.45 bits per heavy atom. The number of aromatic nitrogens is 4. The number of rotatable bonds is 6. The van der Waals surface area contributed by atoms with Gasteiger partial charge in [0.2, 0.25) is 0 Å². The van der Waals surface area contributed by atoms with E-state index < -0.39 is 12.5 Å². The average Bonchev–Trinajstić information content (AvgIpc) is 3.03. The molecular weight excluding hydrogens is 268 g/mol. The second kappa shape index (κ2) is 6.27. The fraction of sp³-hybridized carbons (Fsp3) is 0.417. The zero-order valence-electron chi connectivity index (χ0n) is 11.0. The van der Waals surface area contributed by atoms with Crippen molar-refractivity contribution < 1.29 is 13.6 Å². The number of carbonyl (C=O) groups is 1. The first-order valence-electron chi connectivity index (χ1n) is 6.18. The van der Waals surface area contributed by atoms with Crippen LogP contribution in [0, 0.1) is 6.92 Å². The lowest BCUT2D eigenvalue weighted by atomic mass is 10.3. The van der Waals surface area contributed by atoms with Gasteiger partial charge >= 0.3 is 6.55 Å². The summed E-state index contributed by atoms with van der Waals surface area (Å²) in [5, 5.41) is 10.2. The Bertz CT molecular complexity index is 578. The Morgan fingerprint density at radius 3 is 2.90 bits per heavy atom. The zero-order valence-corrected chi connectivity index (χ0v) is 11.0. The van der Waals surface area contributed by atoms with Crippen LogP contribution in [0.1, 0.15) is 29.2 Å². The van der Waals surface area contributed by atoms with Crippen LogP contribution in [0.3, 0.4) is 0 Å². The molecule has 2 rings (SSSR count). The third kappa shape index (κ3) is 3.40. The number of amides is 1. The van der Waals surface area contributed by atoms with Crippen molar-refractivity contribution in [3.8, 4) is 0 Å². The molecule has 0 fully saturated rings. The van der Waals surface area contributed by atoms with Gasteiger partial charge in [0.25, 0.3) is 5.91 Å². The standard InChI is InChI=1S/C12H15F2N5O/c1-9-4-8-18(17-9)7-2-5-15-11(20)10-3-6-16-19(10)12(13)14/h3-4,6,8,12H,2,5,7H2,1H3,(H,15,20). The van der Waals surface area contributed by atoms with Crippen molar-refractivity contribution in [2.75, 3.05) is 6.54 Å². The van der Waals surface area contributed by atoms with Crippen molar-refractivity contribution in [3.05, 3.63) is 35.9 Å². The van der Waals surface area contributed by atoms with Crippen LogP contribution in [0.2, 0.25) is 0 Å². The summed E-state index contributed by atoms with van der Waals surface area (Å²) in [4.78, 5) is 11.7. The molecular formula is C12H15F2N5O. The van der Waals surface area contributed by atoms with Crippen molar-refractivity contribution in [1.82, 2.24) is 24.9 Å². The summed E-state index contributed by atoms with van der Waals surface area (Å²) in [6, 6.07) is 3.15. The summed E-state index contributed by atoms with van der Waals surface area (Å²) < 4.78 is 27.2. The highest BCUT2D eigenvalue weighted by atomic mass is 19.3. The summed E-state index contributed by atoms with van der Waals surface area (Å²) in [7, 11) is 0. The predicted octanol–water partition coefficient (Wildman–Crippen LogP) is 1.60. The summed E-state index contributed by atoms with van der Waals surface area (Å²) >= 11 is 0. The molecule has 108 valence electrons. The minimum absolute atomic E-state index is 0.144. The molecule has 0 aromatic carbocycles. The van der Waals surface area contributed by atoms with Gasteiger partial charge in [-0.1, -0.05) is 0 Å². The molecule has 0 aliphatic carbocycles. The highest BCUT2D eigenvalue weighted by molar-refractivity contribution is 5.92. The van der Waals surface area contributed by atoms with Gasteiger partial charge in [0.05, 0.1) is 5.69 Å². The van der Waals surface area contributed by atoms with E-state index in [-0.39, 0.29) is 5.69 Å². The van der Waals surface area contributed by atoms with Crippen LogP contribution in [-0.4, -0.2) is 32.0 Å². The van der Waals surface area contributed by atoms with E-state index >= 15 is 0 Å². The van der Waals surface area contributed by atoms with Crippen molar-refractivity contribution in [1.29, 1.82) is 0 Å². The highest BCUT2D eigenvalue weighted by Crippen LogP contribution is 2.11. The molecule has 1 amide bonds. The first-order chi connectivity index (χ1) is 9.58. The number of aryl methyl sites for hydroxylation is 2. The average molecular weight is 283 g/mol. The van der Waals surface area contributed by atoms with Gasteiger partial charge in [-0.25, -0.2) is 0 Å². The van der Waals surface area contributed by atoms with E-state index in [9.17, 15) is 13.6 Å². The molecule has 0 unspecified atom stereocenters. The largest absolute Gasteiger partial charge is 0.351 e. The molecule has 6 nitrogen and oxygen atoms in total. The minimum Gasteiger partial charge on any atom is -0.351 e. The lowest BCUT2D eigenvalue weighted by molar-refractivity contribution is 0.0509. The number of nitrogens with zero attached hydrogens (tertiary/aromatic N) is 4. The van der Waals surface area contributed by atoms with Crippen molar-refractivity contribution >= 4 is 5.91 Å². The Morgan fingerprint density at radius 2 is 2.25 bits per heavy atom. The lowest BCUT2D eigenvalue weighted by Crippen LogP contribution is -2.28. The maximum atomic E-state index is 12.5. The molecule has 0 saturated heterocycles. The second-order valence-electron chi connectivity index (χ2n) is 4.27. The van der Waals surface area contributed by atoms with Crippen molar-refractivity contribution in [2.24, 2.45) is 0 Å². The van der Waals surface area contributed by atoms with Crippen LogP contribution in [0.5, 0.6) is 0 Å². The first kappa shape index (κ1) is 14.2. The summed E-state index contributed by atoms with van der Waals surface area (Å²) in [5.74, 6) is -0.556. The van der Waals surface area contributed by atoms with Gasteiger partial charge in [0.15, 0.2) is 0 Å². The van der Waals surface area contributed by atoms with E-state index in [0.717, 1.165) is 5.69 Å². The lowest BCUT2D eigenvalue weighted by Gasteiger charge is -2.07. The molecule has 2 aromatic rings. The van der Waals surface area contributed by atoms with Crippen LogP contribution in [-0.2, 0) is 6.54 Å². The number of hydrogen-bond donors (Lipinski definition) is 1. The molecule has 8 heteroatoms. The first-order valence-corrected chi connectivity index (χ1v) is 6.18. The topological polar surface area (TPSA) is 64.7 Å². The van der Waals surface area contributed by atoms with Crippen LogP contribution in [0.4, 0.5) is 8.78 Å². The SMILES string of the molecule is Cc1ccn(CCCNC(=O)c2ccnn2C(F)F)n1. The Hall–Kier alpha value is -2.25. The Labute approximate surface area is 114 Å². The van der Waals surface area contributed by atoms with Gasteiger partial charge in [-0.15, -0.1) is 0 Å². The third-order valence-corrected chi connectivity index (χ3v) is 2.71.